The molecule has 0 saturated heterocycles. The quantitative estimate of drug-likeness (QED) is 0.144. The van der Waals surface area contributed by atoms with Crippen molar-refractivity contribution < 1.29 is 0 Å². The van der Waals surface area contributed by atoms with Gasteiger partial charge in [0.15, 0.2) is 0 Å². The lowest BCUT2D eigenvalue weighted by Gasteiger charge is -2.27. The van der Waals surface area contributed by atoms with Crippen molar-refractivity contribution in [3.8, 4) is 33.4 Å². The Balaban J connectivity index is 0.000000168. The number of aryl methyl sites for hydroxylation is 7. The van der Waals surface area contributed by atoms with Gasteiger partial charge in [-0.1, -0.05) is 229 Å². The van der Waals surface area contributed by atoms with Crippen molar-refractivity contribution in [1.82, 2.24) is 0 Å². The third-order valence-electron chi connectivity index (χ3n) is 13.1. The van der Waals surface area contributed by atoms with Gasteiger partial charge >= 0.3 is 0 Å². The van der Waals surface area contributed by atoms with E-state index in [4.69, 9.17) is 0 Å². The molecule has 0 amide bonds. The predicted molar refractivity (Wildman–Crippen MR) is 300 cm³/mol. The van der Waals surface area contributed by atoms with Gasteiger partial charge in [-0.15, -0.1) is 0 Å². The fourth-order valence-corrected chi connectivity index (χ4v) is 9.07. The van der Waals surface area contributed by atoms with Gasteiger partial charge in [0.25, 0.3) is 0 Å². The molecular weight excluding hydrogens is 831 g/mol. The zero-order valence-corrected chi connectivity index (χ0v) is 42.0. The normalized spacial score (nSPS) is 13.6. The first-order valence-electron chi connectivity index (χ1n) is 24.6. The first-order chi connectivity index (χ1) is 33.5. The third kappa shape index (κ3) is 13.6. The lowest BCUT2D eigenvalue weighted by molar-refractivity contribution is 0.493. The molecule has 0 saturated carbocycles. The summed E-state index contributed by atoms with van der Waals surface area (Å²) in [5, 5.41) is 0. The smallest absolute Gasteiger partial charge is 0.0467 e. The predicted octanol–water partition coefficient (Wildman–Crippen LogP) is 19.4. The molecule has 1 nitrogen and oxygen atoms in total. The van der Waals surface area contributed by atoms with Crippen molar-refractivity contribution in [2.45, 2.75) is 74.1 Å². The summed E-state index contributed by atoms with van der Waals surface area (Å²) >= 11 is 0. The summed E-state index contributed by atoms with van der Waals surface area (Å²) in [5.74, 6) is 1.27. The molecule has 1 aliphatic carbocycles. The number of hydrogen-bond acceptors (Lipinski definition) is 1. The Morgan fingerprint density at radius 2 is 0.783 bits per heavy atom. The van der Waals surface area contributed by atoms with Crippen LogP contribution in [-0.4, -0.2) is 0 Å². The lowest BCUT2D eigenvalue weighted by Crippen LogP contribution is -2.12. The van der Waals surface area contributed by atoms with Gasteiger partial charge in [0.05, 0.1) is 0 Å². The molecule has 0 aliphatic heterocycles. The first kappa shape index (κ1) is 49.4. The van der Waals surface area contributed by atoms with Gasteiger partial charge in [0.2, 0.25) is 0 Å². The van der Waals surface area contributed by atoms with Gasteiger partial charge in [0.1, 0.15) is 0 Å². The van der Waals surface area contributed by atoms with E-state index >= 15 is 0 Å². The number of benzene rings is 9. The molecule has 0 heterocycles. The van der Waals surface area contributed by atoms with Gasteiger partial charge in [0, 0.05) is 17.1 Å². The van der Waals surface area contributed by atoms with Crippen molar-refractivity contribution in [3.63, 3.8) is 0 Å². The summed E-state index contributed by atoms with van der Waals surface area (Å²) in [6.07, 6.45) is 7.19. The molecule has 10 rings (SSSR count). The Kier molecular flexibility index (Phi) is 17.6. The molecule has 0 aromatic heterocycles. The highest BCUT2D eigenvalue weighted by Gasteiger charge is 2.23. The highest BCUT2D eigenvalue weighted by molar-refractivity contribution is 5.82. The van der Waals surface area contributed by atoms with E-state index in [1.54, 1.807) is 0 Å². The van der Waals surface area contributed by atoms with Crippen LogP contribution in [0.4, 0.5) is 17.1 Å². The minimum absolute atomic E-state index is 0.630. The van der Waals surface area contributed by atoms with Gasteiger partial charge < -0.3 is 4.90 Å². The van der Waals surface area contributed by atoms with Gasteiger partial charge in [-0.05, 0) is 165 Å². The van der Waals surface area contributed by atoms with Crippen LogP contribution >= 0.6 is 0 Å². The Hall–Kier alpha value is -7.48. The van der Waals surface area contributed by atoms with Crippen molar-refractivity contribution >= 4 is 17.1 Å². The topological polar surface area (TPSA) is 3.24 Å². The highest BCUT2D eigenvalue weighted by Crippen LogP contribution is 2.41. The van der Waals surface area contributed by atoms with E-state index in [0.717, 1.165) is 17.1 Å². The molecule has 69 heavy (non-hydrogen) atoms. The molecular formula is C68H69N. The van der Waals surface area contributed by atoms with E-state index in [0.29, 0.717) is 11.8 Å². The molecule has 0 radical (unpaired) electrons. The molecule has 0 fully saturated rings. The summed E-state index contributed by atoms with van der Waals surface area (Å²) in [7, 11) is 0. The monoisotopic (exact) mass is 900 g/mol. The van der Waals surface area contributed by atoms with E-state index < -0.39 is 0 Å². The van der Waals surface area contributed by atoms with E-state index in [-0.39, 0.29) is 0 Å². The summed E-state index contributed by atoms with van der Waals surface area (Å²) in [5.41, 5.74) is 22.0. The standard InChI is InChI=1S/C33H29N.C21H24.2C7H8/c1-24-13-16-27(17-14-24)28-18-21-30(22-19-28)34(29-10-5-4-6-11-29)31-20-15-26(3)33(23-31)32-12-8-7-9-25(32)2;1-15-12-13-17(3)21(14-15)20-11-7-6-10-19(20)18-9-5-4-8-16(18)2;2*1-7-5-3-2-4-6-7/h4-23H,1-3H3;4,6-8,10-14,16,18H,5,9H2,1-3H3;2*2-6H,1H3. The van der Waals surface area contributed by atoms with Gasteiger partial charge in [-0.2, -0.15) is 0 Å². The Bertz CT molecular complexity index is 2960. The summed E-state index contributed by atoms with van der Waals surface area (Å²) in [4.78, 5) is 2.33. The second-order valence-corrected chi connectivity index (χ2v) is 18.6. The maximum atomic E-state index is 2.38. The highest BCUT2D eigenvalue weighted by atomic mass is 15.1. The zero-order valence-electron chi connectivity index (χ0n) is 42.0. The van der Waals surface area contributed by atoms with E-state index in [9.17, 15) is 0 Å². The van der Waals surface area contributed by atoms with Crippen LogP contribution in [0.2, 0.25) is 0 Å². The minimum Gasteiger partial charge on any atom is -0.310 e. The van der Waals surface area contributed by atoms with Crippen LogP contribution < -0.4 is 4.90 Å². The number of para-hydroxylation sites is 1. The second kappa shape index (κ2) is 24.5. The molecule has 1 aliphatic rings. The van der Waals surface area contributed by atoms with Crippen molar-refractivity contribution in [2.24, 2.45) is 5.92 Å². The number of nitrogens with zero attached hydrogens (tertiary/aromatic N) is 1. The lowest BCUT2D eigenvalue weighted by atomic mass is 9.77. The average molecular weight is 900 g/mol. The maximum absolute atomic E-state index is 2.38. The molecule has 346 valence electrons. The Morgan fingerprint density at radius 3 is 1.35 bits per heavy atom. The number of rotatable bonds is 7. The maximum Gasteiger partial charge on any atom is 0.0467 e. The minimum atomic E-state index is 0.630. The molecule has 0 bridgehead atoms. The van der Waals surface area contributed by atoms with Crippen molar-refractivity contribution in [1.29, 1.82) is 0 Å². The number of hydrogen-bond donors (Lipinski definition) is 0. The van der Waals surface area contributed by atoms with Crippen LogP contribution in [0.25, 0.3) is 33.4 Å². The fourth-order valence-electron chi connectivity index (χ4n) is 9.07. The van der Waals surface area contributed by atoms with Crippen LogP contribution in [0.3, 0.4) is 0 Å². The van der Waals surface area contributed by atoms with Crippen LogP contribution in [0, 0.1) is 54.4 Å². The average Bonchev–Trinajstić information content (AvgIpc) is 3.38. The summed E-state index contributed by atoms with van der Waals surface area (Å²) < 4.78 is 0. The summed E-state index contributed by atoms with van der Waals surface area (Å²) in [6.45, 7) is 17.4. The molecule has 0 spiro atoms. The second-order valence-electron chi connectivity index (χ2n) is 18.6. The van der Waals surface area contributed by atoms with Crippen LogP contribution in [0.5, 0.6) is 0 Å². The number of anilines is 3. The first-order valence-corrected chi connectivity index (χ1v) is 24.6. The van der Waals surface area contributed by atoms with Crippen molar-refractivity contribution in [2.75, 3.05) is 4.90 Å². The van der Waals surface area contributed by atoms with Crippen molar-refractivity contribution in [3.05, 3.63) is 281 Å². The van der Waals surface area contributed by atoms with Gasteiger partial charge in [-0.25, -0.2) is 0 Å². The molecule has 2 unspecified atom stereocenters. The Morgan fingerprint density at radius 1 is 0.348 bits per heavy atom. The van der Waals surface area contributed by atoms with E-state index in [2.05, 4.69) is 260 Å². The molecule has 2 atom stereocenters. The van der Waals surface area contributed by atoms with Crippen LogP contribution in [-0.2, 0) is 0 Å². The molecule has 9 aromatic rings. The molecule has 0 N–H and O–H groups in total. The summed E-state index contributed by atoms with van der Waals surface area (Å²) in [6, 6.07) is 79.8. The third-order valence-corrected chi connectivity index (χ3v) is 13.1. The zero-order chi connectivity index (χ0) is 48.5. The van der Waals surface area contributed by atoms with Crippen LogP contribution in [0.1, 0.15) is 70.2 Å². The van der Waals surface area contributed by atoms with Crippen LogP contribution in [0.15, 0.2) is 237 Å². The van der Waals surface area contributed by atoms with E-state index in [1.807, 2.05) is 36.4 Å². The van der Waals surface area contributed by atoms with Gasteiger partial charge in [-0.3, -0.25) is 0 Å². The Labute approximate surface area is 414 Å². The molecule has 9 aromatic carbocycles. The van der Waals surface area contributed by atoms with E-state index in [1.165, 1.54) is 90.7 Å². The number of allylic oxidation sites excluding steroid dienone is 2. The SMILES string of the molecule is Cc1ccc(-c2ccc(N(c3ccccc3)c3ccc(C)c(-c4ccccc4C)c3)cc2)cc1.Cc1ccc(C)c(-c2ccccc2C2CCC=CC2C)c1.Cc1ccccc1.Cc1ccccc1. The molecule has 1 heteroatoms. The fraction of sp³-hybridized carbons (Fsp3) is 0.176. The largest absolute Gasteiger partial charge is 0.310 e.